The van der Waals surface area contributed by atoms with Gasteiger partial charge in [-0.3, -0.25) is 4.79 Å². The SMILES string of the molecule is COCCC1C2CC3(c4ccccc4)CC1C(C(=O)N1CC[C@H](N)C(C)(C)C1)(C2)C3. The molecule has 1 aliphatic heterocycles. The van der Waals surface area contributed by atoms with Gasteiger partial charge in [0, 0.05) is 32.8 Å². The van der Waals surface area contributed by atoms with Crippen molar-refractivity contribution in [1.82, 2.24) is 4.90 Å². The Bertz CT molecular complexity index is 809. The lowest BCUT2D eigenvalue weighted by Crippen LogP contribution is -2.57. The van der Waals surface area contributed by atoms with Crippen molar-refractivity contribution in [2.45, 2.75) is 63.8 Å². The minimum atomic E-state index is -0.172. The molecule has 5 fully saturated rings. The highest BCUT2D eigenvalue weighted by molar-refractivity contribution is 5.85. The first-order valence-electron chi connectivity index (χ1n) is 11.9. The van der Waals surface area contributed by atoms with E-state index in [0.717, 1.165) is 45.4 Å². The Morgan fingerprint density at radius 2 is 1.97 bits per heavy atom. The zero-order valence-electron chi connectivity index (χ0n) is 18.9. The van der Waals surface area contributed by atoms with Crippen LogP contribution >= 0.6 is 0 Å². The zero-order chi connectivity index (χ0) is 21.1. The molecular weight excluding hydrogens is 372 g/mol. The molecule has 2 N–H and O–H groups in total. The van der Waals surface area contributed by atoms with Gasteiger partial charge in [0.15, 0.2) is 0 Å². The molecule has 4 aliphatic carbocycles. The Morgan fingerprint density at radius 3 is 2.67 bits per heavy atom. The van der Waals surface area contributed by atoms with Gasteiger partial charge in [-0.1, -0.05) is 44.2 Å². The van der Waals surface area contributed by atoms with Gasteiger partial charge >= 0.3 is 0 Å². The summed E-state index contributed by atoms with van der Waals surface area (Å²) < 4.78 is 5.47. The van der Waals surface area contributed by atoms with Crippen molar-refractivity contribution >= 4 is 5.91 Å². The standard InChI is InChI=1S/C26H38N2O2/c1-24(2)17-28(11-9-22(24)27)23(29)26-14-18-13-25(16-26,19-7-5-4-6-8-19)15-21(26)20(18)10-12-30-3/h4-8,18,20-22H,9-17,27H2,1-3H3/t18?,20?,21?,22-,25?,26?/m0/s1. The van der Waals surface area contributed by atoms with Crippen LogP contribution in [0.5, 0.6) is 0 Å². The summed E-state index contributed by atoms with van der Waals surface area (Å²) in [6, 6.07) is 11.2. The molecule has 1 saturated heterocycles. The molecule has 1 heterocycles. The second-order valence-corrected chi connectivity index (χ2v) is 11.5. The number of hydrogen-bond donors (Lipinski definition) is 1. The molecule has 0 radical (unpaired) electrons. The summed E-state index contributed by atoms with van der Waals surface area (Å²) in [4.78, 5) is 16.4. The minimum Gasteiger partial charge on any atom is -0.385 e. The molecule has 1 aromatic carbocycles. The van der Waals surface area contributed by atoms with Crippen molar-refractivity contribution in [1.29, 1.82) is 0 Å². The number of amides is 1. The first kappa shape index (κ1) is 20.5. The summed E-state index contributed by atoms with van der Waals surface area (Å²) in [5, 5.41) is 0. The smallest absolute Gasteiger partial charge is 0.229 e. The molecule has 5 aliphatic rings. The van der Waals surface area contributed by atoms with Crippen LogP contribution in [-0.4, -0.2) is 43.7 Å². The highest BCUT2D eigenvalue weighted by Crippen LogP contribution is 2.73. The van der Waals surface area contributed by atoms with Gasteiger partial charge < -0.3 is 15.4 Å². The molecular formula is C26H38N2O2. The summed E-state index contributed by atoms with van der Waals surface area (Å²) >= 11 is 0. The fraction of sp³-hybridized carbons (Fsp3) is 0.731. The van der Waals surface area contributed by atoms with Crippen LogP contribution in [0.2, 0.25) is 0 Å². The third-order valence-electron chi connectivity index (χ3n) is 9.44. The quantitative estimate of drug-likeness (QED) is 0.799. The molecule has 1 amide bonds. The Hall–Kier alpha value is -1.39. The molecule has 6 atom stereocenters. The molecule has 4 saturated carbocycles. The van der Waals surface area contributed by atoms with E-state index >= 15 is 0 Å². The third kappa shape index (κ3) is 2.90. The Labute approximate surface area is 181 Å². The first-order chi connectivity index (χ1) is 14.3. The molecule has 0 spiro atoms. The maximum Gasteiger partial charge on any atom is 0.229 e. The average Bonchev–Trinajstić information content (AvgIpc) is 3.11. The minimum absolute atomic E-state index is 0.00720. The molecule has 4 bridgehead atoms. The van der Waals surface area contributed by atoms with Gasteiger partial charge in [-0.15, -0.1) is 0 Å². The molecule has 4 nitrogen and oxygen atoms in total. The first-order valence-corrected chi connectivity index (χ1v) is 11.9. The van der Waals surface area contributed by atoms with Gasteiger partial charge in [-0.05, 0) is 72.7 Å². The van der Waals surface area contributed by atoms with E-state index in [0.29, 0.717) is 23.7 Å². The van der Waals surface area contributed by atoms with E-state index in [9.17, 15) is 4.79 Å². The summed E-state index contributed by atoms with van der Waals surface area (Å²) in [5.41, 5.74) is 7.85. The Balaban J connectivity index is 1.48. The number of likely N-dealkylation sites (tertiary alicyclic amines) is 1. The molecule has 1 aromatic rings. The predicted molar refractivity (Wildman–Crippen MR) is 119 cm³/mol. The number of piperidine rings is 1. The summed E-state index contributed by atoms with van der Waals surface area (Å²) in [6.07, 6.45) is 6.55. The molecule has 164 valence electrons. The van der Waals surface area contributed by atoms with E-state index in [1.165, 1.54) is 18.4 Å². The molecule has 5 unspecified atom stereocenters. The third-order valence-corrected chi connectivity index (χ3v) is 9.44. The van der Waals surface area contributed by atoms with Crippen LogP contribution in [0.1, 0.15) is 57.9 Å². The average molecular weight is 411 g/mol. The fourth-order valence-electron chi connectivity index (χ4n) is 8.04. The van der Waals surface area contributed by atoms with Crippen LogP contribution < -0.4 is 5.73 Å². The van der Waals surface area contributed by atoms with Gasteiger partial charge in [0.05, 0.1) is 5.41 Å². The van der Waals surface area contributed by atoms with Gasteiger partial charge in [0.2, 0.25) is 5.91 Å². The lowest BCUT2D eigenvalue weighted by molar-refractivity contribution is -0.148. The monoisotopic (exact) mass is 410 g/mol. The van der Waals surface area contributed by atoms with Crippen molar-refractivity contribution in [3.63, 3.8) is 0 Å². The second kappa shape index (κ2) is 7.06. The predicted octanol–water partition coefficient (Wildman–Crippen LogP) is 3.98. The second-order valence-electron chi connectivity index (χ2n) is 11.5. The van der Waals surface area contributed by atoms with Gasteiger partial charge in [0.1, 0.15) is 0 Å². The molecule has 0 aromatic heterocycles. The van der Waals surface area contributed by atoms with Crippen LogP contribution in [0, 0.1) is 28.6 Å². The van der Waals surface area contributed by atoms with Crippen LogP contribution in [-0.2, 0) is 14.9 Å². The van der Waals surface area contributed by atoms with Crippen molar-refractivity contribution in [3.8, 4) is 0 Å². The van der Waals surface area contributed by atoms with Crippen LogP contribution in [0.25, 0.3) is 0 Å². The number of carbonyl (C=O) groups is 1. The zero-order valence-corrected chi connectivity index (χ0v) is 18.9. The summed E-state index contributed by atoms with van der Waals surface area (Å²) in [5.74, 6) is 2.22. The van der Waals surface area contributed by atoms with E-state index in [4.69, 9.17) is 10.5 Å². The number of nitrogens with two attached hydrogens (primary N) is 1. The van der Waals surface area contributed by atoms with Crippen LogP contribution in [0.4, 0.5) is 0 Å². The van der Waals surface area contributed by atoms with E-state index in [1.54, 1.807) is 7.11 Å². The van der Waals surface area contributed by atoms with Crippen molar-refractivity contribution < 1.29 is 9.53 Å². The van der Waals surface area contributed by atoms with Crippen molar-refractivity contribution in [2.24, 2.45) is 34.3 Å². The number of carbonyl (C=O) groups excluding carboxylic acids is 1. The van der Waals surface area contributed by atoms with E-state index in [2.05, 4.69) is 49.1 Å². The maximum atomic E-state index is 14.2. The normalized spacial score (nSPS) is 41.4. The number of ether oxygens (including phenoxy) is 1. The van der Waals surface area contributed by atoms with Gasteiger partial charge in [-0.2, -0.15) is 0 Å². The van der Waals surface area contributed by atoms with Crippen molar-refractivity contribution in [3.05, 3.63) is 35.9 Å². The lowest BCUT2D eigenvalue weighted by Gasteiger charge is -2.47. The Kier molecular flexibility index (Phi) is 4.83. The number of rotatable bonds is 5. The number of nitrogens with zero attached hydrogens (tertiary/aromatic N) is 1. The van der Waals surface area contributed by atoms with Crippen LogP contribution in [0.3, 0.4) is 0 Å². The van der Waals surface area contributed by atoms with Crippen LogP contribution in [0.15, 0.2) is 30.3 Å². The number of methoxy groups -OCH3 is 1. The number of hydrogen-bond acceptors (Lipinski definition) is 3. The fourth-order valence-corrected chi connectivity index (χ4v) is 8.04. The lowest BCUT2D eigenvalue weighted by atomic mass is 9.61. The maximum absolute atomic E-state index is 14.2. The van der Waals surface area contributed by atoms with E-state index in [-0.39, 0.29) is 22.3 Å². The summed E-state index contributed by atoms with van der Waals surface area (Å²) in [7, 11) is 1.80. The Morgan fingerprint density at radius 1 is 1.20 bits per heavy atom. The van der Waals surface area contributed by atoms with Gasteiger partial charge in [0.25, 0.3) is 0 Å². The van der Waals surface area contributed by atoms with Crippen molar-refractivity contribution in [2.75, 3.05) is 26.8 Å². The highest BCUT2D eigenvalue weighted by atomic mass is 16.5. The number of benzene rings is 1. The molecule has 6 rings (SSSR count). The van der Waals surface area contributed by atoms with Gasteiger partial charge in [-0.25, -0.2) is 0 Å². The highest BCUT2D eigenvalue weighted by Gasteiger charge is 2.71. The molecule has 4 heteroatoms. The van der Waals surface area contributed by atoms with E-state index in [1.807, 2.05) is 0 Å². The molecule has 30 heavy (non-hydrogen) atoms. The summed E-state index contributed by atoms with van der Waals surface area (Å²) in [6.45, 7) is 6.88. The topological polar surface area (TPSA) is 55.6 Å². The largest absolute Gasteiger partial charge is 0.385 e. The van der Waals surface area contributed by atoms with E-state index < -0.39 is 0 Å².